The number of rotatable bonds is 3. The van der Waals surface area contributed by atoms with E-state index in [0.29, 0.717) is 17.8 Å². The van der Waals surface area contributed by atoms with Crippen LogP contribution < -0.4 is 5.32 Å². The number of carbonyl (C=O) groups excluding carboxylic acids is 2. The SMILES string of the molecule is CCCC=C1OC(=O)C2=C1CCC1C3CCC4(C5=CCC(C6CCCCC6)CSSCNc6cc(ccn6)CC3=C4C(=O)O5)C21. The zero-order valence-corrected chi connectivity index (χ0v) is 27.9. The summed E-state index contributed by atoms with van der Waals surface area (Å²) in [4.78, 5) is 32.6. The van der Waals surface area contributed by atoms with Gasteiger partial charge in [0.25, 0.3) is 0 Å². The summed E-state index contributed by atoms with van der Waals surface area (Å²) in [5, 5.41) is 3.53. The fourth-order valence-electron chi connectivity index (χ4n) is 10.0. The van der Waals surface area contributed by atoms with E-state index in [0.717, 1.165) is 97.1 Å². The number of esters is 2. The second kappa shape index (κ2) is 12.3. The first-order chi connectivity index (χ1) is 22.1. The molecule has 238 valence electrons. The smallest absolute Gasteiger partial charge is 0.340 e. The van der Waals surface area contributed by atoms with Gasteiger partial charge in [-0.2, -0.15) is 0 Å². The van der Waals surface area contributed by atoms with Gasteiger partial charge in [0, 0.05) is 29.0 Å². The average Bonchev–Trinajstić information content (AvgIpc) is 3.55. The lowest BCUT2D eigenvalue weighted by Crippen LogP contribution is -2.52. The summed E-state index contributed by atoms with van der Waals surface area (Å²) in [6.07, 6.45) is 20.1. The van der Waals surface area contributed by atoms with Crippen LogP contribution in [0, 0.1) is 35.0 Å². The molecule has 5 aliphatic carbocycles. The van der Waals surface area contributed by atoms with Crippen molar-refractivity contribution >= 4 is 39.3 Å². The van der Waals surface area contributed by atoms with E-state index in [4.69, 9.17) is 9.47 Å². The molecule has 1 aromatic rings. The van der Waals surface area contributed by atoms with Gasteiger partial charge in [-0.1, -0.05) is 72.6 Å². The van der Waals surface area contributed by atoms with E-state index in [-0.39, 0.29) is 23.8 Å². The van der Waals surface area contributed by atoms with Crippen molar-refractivity contribution in [3.63, 3.8) is 0 Å². The van der Waals surface area contributed by atoms with Crippen LogP contribution in [-0.2, 0) is 25.5 Å². The Labute approximate surface area is 274 Å². The Morgan fingerprint density at radius 3 is 2.82 bits per heavy atom. The van der Waals surface area contributed by atoms with Crippen molar-refractivity contribution in [3.05, 3.63) is 69.9 Å². The molecule has 8 aliphatic rings. The monoisotopic (exact) mass is 644 g/mol. The Morgan fingerprint density at radius 1 is 1.07 bits per heavy atom. The highest BCUT2D eigenvalue weighted by Gasteiger charge is 2.68. The number of nitrogens with one attached hydrogen (secondary N) is 1. The molecule has 1 saturated heterocycles. The third-order valence-corrected chi connectivity index (χ3v) is 14.2. The van der Waals surface area contributed by atoms with Crippen molar-refractivity contribution in [2.45, 2.75) is 90.4 Å². The summed E-state index contributed by atoms with van der Waals surface area (Å²) in [5.74, 6) is 5.73. The standard InChI is InChI=1S/C37H44N2O4S2/c1-2-3-9-29-27-12-11-26-25-14-16-37(33(26)32(27)35(40)42-29)30-13-10-24(23-7-5-4-6-8-23)20-44-45-21-39-31-19-22(15-17-38-31)18-28(25)34(37)36(41)43-30/h9,13,15,17,19,23-26,33H,2-8,10-12,14,16,18,20-21H2,1H3,(H,38,39). The molecule has 2 saturated carbocycles. The Hall–Kier alpha value is -2.45. The van der Waals surface area contributed by atoms with Crippen LogP contribution in [-0.4, -0.2) is 28.6 Å². The molecule has 4 heterocycles. The first-order valence-electron chi connectivity index (χ1n) is 17.3. The normalized spacial score (nSPS) is 34.2. The van der Waals surface area contributed by atoms with Crippen LogP contribution in [0.3, 0.4) is 0 Å². The van der Waals surface area contributed by atoms with Crippen molar-refractivity contribution in [1.82, 2.24) is 4.98 Å². The number of pyridine rings is 1. The molecule has 1 aromatic heterocycles. The highest BCUT2D eigenvalue weighted by molar-refractivity contribution is 8.76. The van der Waals surface area contributed by atoms with Gasteiger partial charge in [-0.3, -0.25) is 0 Å². The number of fused-ring (bicyclic) bond motifs is 3. The van der Waals surface area contributed by atoms with E-state index < -0.39 is 5.41 Å². The predicted molar refractivity (Wildman–Crippen MR) is 180 cm³/mol. The minimum absolute atomic E-state index is 0.0666. The van der Waals surface area contributed by atoms with Crippen molar-refractivity contribution in [1.29, 1.82) is 0 Å². The number of unbranched alkanes of at least 4 members (excludes halogenated alkanes) is 1. The lowest BCUT2D eigenvalue weighted by molar-refractivity contribution is -0.135. The third-order valence-electron chi connectivity index (χ3n) is 11.9. The summed E-state index contributed by atoms with van der Waals surface area (Å²) in [6, 6.07) is 4.24. The van der Waals surface area contributed by atoms with Gasteiger partial charge in [-0.15, -0.1) is 0 Å². The lowest BCUT2D eigenvalue weighted by atomic mass is 9.44. The number of allylic oxidation sites excluding steroid dienone is 5. The van der Waals surface area contributed by atoms with Gasteiger partial charge < -0.3 is 14.8 Å². The van der Waals surface area contributed by atoms with Crippen LogP contribution in [0.1, 0.15) is 89.5 Å². The molecule has 45 heavy (non-hydrogen) atoms. The number of hydrogen-bond acceptors (Lipinski definition) is 8. The first-order valence-corrected chi connectivity index (χ1v) is 19.8. The fourth-order valence-corrected chi connectivity index (χ4v) is 12.2. The average molecular weight is 645 g/mol. The van der Waals surface area contributed by atoms with E-state index >= 15 is 0 Å². The maximum atomic E-state index is 14.2. The minimum atomic E-state index is -0.587. The highest BCUT2D eigenvalue weighted by atomic mass is 33.1. The molecule has 5 atom stereocenters. The van der Waals surface area contributed by atoms with Crippen molar-refractivity contribution in [2.75, 3.05) is 16.9 Å². The zero-order valence-electron chi connectivity index (χ0n) is 26.3. The van der Waals surface area contributed by atoms with Crippen molar-refractivity contribution in [3.8, 4) is 0 Å². The second-order valence-electron chi connectivity index (χ2n) is 14.1. The van der Waals surface area contributed by atoms with Gasteiger partial charge in [0.05, 0.1) is 16.9 Å². The van der Waals surface area contributed by atoms with Gasteiger partial charge in [-0.05, 0) is 98.5 Å². The van der Waals surface area contributed by atoms with Crippen LogP contribution in [0.4, 0.5) is 5.82 Å². The fraction of sp³-hybridized carbons (Fsp3) is 0.595. The zero-order chi connectivity index (χ0) is 30.5. The van der Waals surface area contributed by atoms with Crippen molar-refractivity contribution < 1.29 is 19.1 Å². The number of cyclic esters (lactones) is 1. The maximum absolute atomic E-state index is 14.2. The molecule has 0 amide bonds. The lowest BCUT2D eigenvalue weighted by Gasteiger charge is -2.56. The molecule has 9 rings (SSSR count). The van der Waals surface area contributed by atoms with Gasteiger partial charge in [-0.25, -0.2) is 14.6 Å². The van der Waals surface area contributed by atoms with Crippen LogP contribution >= 0.6 is 21.6 Å². The van der Waals surface area contributed by atoms with Crippen LogP contribution in [0.15, 0.2) is 64.3 Å². The highest BCUT2D eigenvalue weighted by Crippen LogP contribution is 2.70. The molecule has 1 spiro atoms. The summed E-state index contributed by atoms with van der Waals surface area (Å²) < 4.78 is 12.4. The number of nitrogens with zero attached hydrogens (tertiary/aromatic N) is 1. The van der Waals surface area contributed by atoms with Crippen LogP contribution in [0.5, 0.6) is 0 Å². The Kier molecular flexibility index (Phi) is 8.17. The van der Waals surface area contributed by atoms with Gasteiger partial charge in [0.1, 0.15) is 17.3 Å². The quantitative estimate of drug-likeness (QED) is 0.259. The van der Waals surface area contributed by atoms with E-state index in [2.05, 4.69) is 41.5 Å². The number of anilines is 1. The van der Waals surface area contributed by atoms with Gasteiger partial charge >= 0.3 is 11.9 Å². The second-order valence-corrected chi connectivity index (χ2v) is 16.6. The topological polar surface area (TPSA) is 77.5 Å². The minimum Gasteiger partial charge on any atom is -0.427 e. The summed E-state index contributed by atoms with van der Waals surface area (Å²) in [7, 11) is 3.82. The van der Waals surface area contributed by atoms with Crippen LogP contribution in [0.25, 0.3) is 0 Å². The Bertz CT molecular complexity index is 1520. The molecule has 1 N–H and O–H groups in total. The largest absolute Gasteiger partial charge is 0.427 e. The molecule has 6 nitrogen and oxygen atoms in total. The van der Waals surface area contributed by atoms with Gasteiger partial charge in [0.2, 0.25) is 0 Å². The van der Waals surface area contributed by atoms with Crippen molar-refractivity contribution in [2.24, 2.45) is 35.0 Å². The number of aromatic nitrogens is 1. The van der Waals surface area contributed by atoms with Crippen LogP contribution in [0.2, 0.25) is 0 Å². The van der Waals surface area contributed by atoms with Gasteiger partial charge in [0.15, 0.2) is 0 Å². The molecular formula is C37H44N2O4S2. The summed E-state index contributed by atoms with van der Waals surface area (Å²) in [5.41, 5.74) is 4.62. The van der Waals surface area contributed by atoms with E-state index in [9.17, 15) is 9.59 Å². The molecule has 0 aromatic carbocycles. The molecule has 7 bridgehead atoms. The molecule has 0 radical (unpaired) electrons. The summed E-state index contributed by atoms with van der Waals surface area (Å²) in [6.45, 7) is 2.15. The predicted octanol–water partition coefficient (Wildman–Crippen LogP) is 8.69. The molecule has 8 heteroatoms. The molecular weight excluding hydrogens is 601 g/mol. The third kappa shape index (κ3) is 5.04. The molecule has 3 fully saturated rings. The molecule has 3 aliphatic heterocycles. The number of ether oxygens (including phenoxy) is 2. The number of carbonyl (C=O) groups is 2. The molecule has 5 unspecified atom stereocenters. The summed E-state index contributed by atoms with van der Waals surface area (Å²) >= 11 is 0. The maximum Gasteiger partial charge on any atom is 0.340 e. The van der Waals surface area contributed by atoms with E-state index in [1.807, 2.05) is 27.8 Å². The van der Waals surface area contributed by atoms with E-state index in [1.54, 1.807) is 0 Å². The first kappa shape index (κ1) is 29.9. The Balaban J connectivity index is 1.28. The Morgan fingerprint density at radius 2 is 1.96 bits per heavy atom. The number of hydrogen-bond donors (Lipinski definition) is 1. The van der Waals surface area contributed by atoms with E-state index in [1.165, 1.54) is 43.2 Å².